The summed E-state index contributed by atoms with van der Waals surface area (Å²) in [4.78, 5) is 0. The van der Waals surface area contributed by atoms with Gasteiger partial charge in [0.1, 0.15) is 0 Å². The van der Waals surface area contributed by atoms with Gasteiger partial charge in [0.25, 0.3) is 0 Å². The summed E-state index contributed by atoms with van der Waals surface area (Å²) in [6.07, 6.45) is 0. The number of benzene rings is 3. The summed E-state index contributed by atoms with van der Waals surface area (Å²) in [5.74, 6) is -0.133. The summed E-state index contributed by atoms with van der Waals surface area (Å²) >= 11 is 0. The molecule has 0 saturated carbocycles. The first-order chi connectivity index (χ1) is 7.75. The molecule has 0 amide bonds. The Labute approximate surface area is 149 Å². The first kappa shape index (κ1) is 15.8. The van der Waals surface area contributed by atoms with Gasteiger partial charge in [-0.15, -0.1) is 0 Å². The second-order valence-corrected chi connectivity index (χ2v) is 3.85. The van der Waals surface area contributed by atoms with Gasteiger partial charge in [-0.3, -0.25) is 0 Å². The van der Waals surface area contributed by atoms with Crippen LogP contribution in [-0.4, -0.2) is 69.3 Å². The van der Waals surface area contributed by atoms with Crippen LogP contribution < -0.4 is 0 Å². The van der Waals surface area contributed by atoms with Crippen molar-refractivity contribution in [3.63, 3.8) is 0 Å². The molecule has 0 unspecified atom stereocenters. The summed E-state index contributed by atoms with van der Waals surface area (Å²) in [6, 6.07) is 15.1. The van der Waals surface area contributed by atoms with Crippen LogP contribution in [0.4, 0.5) is 0 Å². The minimum atomic E-state index is -0.0808. The molecule has 3 rings (SSSR count). The Morgan fingerprint density at radius 2 is 1.28 bits per heavy atom. The molecule has 3 aromatic rings. The van der Waals surface area contributed by atoms with Gasteiger partial charge in [0, 0.05) is 64.5 Å². The number of rotatable bonds is 0. The third kappa shape index (κ3) is 2.69. The van der Waals surface area contributed by atoms with Crippen molar-refractivity contribution in [3.05, 3.63) is 48.5 Å². The fourth-order valence-corrected chi connectivity index (χ4v) is 1.99. The van der Waals surface area contributed by atoms with Gasteiger partial charge < -0.3 is 10.2 Å². The molecule has 0 aliphatic carbocycles. The van der Waals surface area contributed by atoms with Crippen LogP contribution in [0, 0.1) is 0 Å². The summed E-state index contributed by atoms with van der Waals surface area (Å²) in [5.41, 5.74) is 0. The van der Waals surface area contributed by atoms with Gasteiger partial charge in [-0.25, -0.2) is 0 Å². The fourth-order valence-electron chi connectivity index (χ4n) is 1.99. The predicted octanol–water partition coefficient (Wildman–Crippen LogP) is 2.64. The molecule has 0 bridgehead atoms. The Kier molecular flexibility index (Phi) is 5.53. The summed E-state index contributed by atoms with van der Waals surface area (Å²) < 4.78 is 0. The number of hydrogen-bond donors (Lipinski definition) is 2. The van der Waals surface area contributed by atoms with Gasteiger partial charge in [0.15, 0.2) is 11.5 Å². The van der Waals surface area contributed by atoms with Gasteiger partial charge in [0.05, 0.1) is 0 Å². The first-order valence-corrected chi connectivity index (χ1v) is 5.09. The van der Waals surface area contributed by atoms with Gasteiger partial charge in [0.2, 0.25) is 0 Å². The van der Waals surface area contributed by atoms with Crippen LogP contribution in [0.15, 0.2) is 48.5 Å². The molecule has 80 valence electrons. The summed E-state index contributed by atoms with van der Waals surface area (Å²) in [6.45, 7) is 0. The van der Waals surface area contributed by atoms with Gasteiger partial charge in [-0.1, -0.05) is 30.3 Å². The zero-order chi connectivity index (χ0) is 11.1. The molecule has 4 heteroatoms. The van der Waals surface area contributed by atoms with Crippen molar-refractivity contribution in [2.24, 2.45) is 0 Å². The third-order valence-electron chi connectivity index (χ3n) is 2.84. The van der Waals surface area contributed by atoms with Crippen LogP contribution in [0.5, 0.6) is 11.5 Å². The topological polar surface area (TPSA) is 40.5 Å². The van der Waals surface area contributed by atoms with E-state index >= 15 is 0 Å². The smallest absolute Gasteiger partial charge is 0.165 e. The van der Waals surface area contributed by atoms with Crippen LogP contribution in [-0.2, 0) is 0 Å². The van der Waals surface area contributed by atoms with E-state index in [1.54, 1.807) is 6.07 Å². The van der Waals surface area contributed by atoms with Crippen molar-refractivity contribution in [3.8, 4) is 11.5 Å². The third-order valence-corrected chi connectivity index (χ3v) is 2.84. The molecule has 2 N–H and O–H groups in total. The van der Waals surface area contributed by atoms with E-state index in [2.05, 4.69) is 0 Å². The van der Waals surface area contributed by atoms with E-state index in [1.807, 2.05) is 36.4 Å². The molecule has 0 aliphatic rings. The van der Waals surface area contributed by atoms with Crippen LogP contribution in [0.1, 0.15) is 0 Å². The Morgan fingerprint density at radius 1 is 0.667 bits per heavy atom. The average molecular weight is 256 g/mol. The molecule has 0 aliphatic heterocycles. The number of aromatic hydroxyl groups is 2. The number of phenolic OH excluding ortho intramolecular Hbond substituents is 2. The molecule has 2 nitrogen and oxygen atoms in total. The first-order valence-electron chi connectivity index (χ1n) is 5.09. The summed E-state index contributed by atoms with van der Waals surface area (Å²) in [7, 11) is 0. The normalized spacial score (nSPS) is 9.78. The van der Waals surface area contributed by atoms with Crippen molar-refractivity contribution >= 4 is 80.7 Å². The second kappa shape index (κ2) is 6.29. The van der Waals surface area contributed by atoms with Gasteiger partial charge in [-0.05, 0) is 34.4 Å². The van der Waals surface area contributed by atoms with Crippen molar-refractivity contribution in [2.45, 2.75) is 0 Å². The molecule has 0 heterocycles. The fraction of sp³-hybridized carbons (Fsp3) is 0. The standard InChI is InChI=1S/C14H10O2.2Na/c15-13-6-5-11-7-9-3-1-2-4-10(9)8-12(11)14(13)16;;/h1-8,15-16H;;. The molecule has 3 aromatic carbocycles. The largest absolute Gasteiger partial charge is 0.504 e. The Bertz CT molecular complexity index is 696. The van der Waals surface area contributed by atoms with E-state index in [1.165, 1.54) is 6.07 Å². The van der Waals surface area contributed by atoms with Crippen LogP contribution in [0.2, 0.25) is 0 Å². The van der Waals surface area contributed by atoms with E-state index in [0.717, 1.165) is 16.2 Å². The molecular formula is C14H10Na2O2. The van der Waals surface area contributed by atoms with Crippen LogP contribution >= 0.6 is 0 Å². The SMILES string of the molecule is Oc1ccc2cc3ccccc3cc2c1O.[Na].[Na]. The van der Waals surface area contributed by atoms with E-state index < -0.39 is 0 Å². The molecule has 0 saturated heterocycles. The van der Waals surface area contributed by atoms with E-state index in [4.69, 9.17) is 0 Å². The zero-order valence-electron chi connectivity index (χ0n) is 10.5. The van der Waals surface area contributed by atoms with Crippen molar-refractivity contribution in [2.75, 3.05) is 0 Å². The van der Waals surface area contributed by atoms with E-state index in [9.17, 15) is 10.2 Å². The molecule has 0 aromatic heterocycles. The Balaban J connectivity index is 0.000000810. The molecule has 0 fully saturated rings. The van der Waals surface area contributed by atoms with Crippen molar-refractivity contribution in [1.82, 2.24) is 0 Å². The predicted molar refractivity (Wildman–Crippen MR) is 76.3 cm³/mol. The monoisotopic (exact) mass is 256 g/mol. The summed E-state index contributed by atoms with van der Waals surface area (Å²) in [5, 5.41) is 23.0. The van der Waals surface area contributed by atoms with E-state index in [0.29, 0.717) is 5.39 Å². The molecule has 0 spiro atoms. The number of hydrogen-bond acceptors (Lipinski definition) is 2. The number of phenols is 2. The molecule has 2 radical (unpaired) electrons. The van der Waals surface area contributed by atoms with Crippen molar-refractivity contribution < 1.29 is 10.2 Å². The number of fused-ring (bicyclic) bond motifs is 2. The minimum absolute atomic E-state index is 0. The maximum Gasteiger partial charge on any atom is 0.165 e. The van der Waals surface area contributed by atoms with E-state index in [-0.39, 0.29) is 70.6 Å². The Morgan fingerprint density at radius 3 is 1.94 bits per heavy atom. The maximum atomic E-state index is 9.77. The quantitative estimate of drug-likeness (QED) is 0.369. The Hall–Kier alpha value is -0.220. The van der Waals surface area contributed by atoms with Crippen LogP contribution in [0.25, 0.3) is 21.5 Å². The molecular weight excluding hydrogens is 246 g/mol. The average Bonchev–Trinajstić information content (AvgIpc) is 2.32. The van der Waals surface area contributed by atoms with Crippen molar-refractivity contribution in [1.29, 1.82) is 0 Å². The minimum Gasteiger partial charge on any atom is -0.504 e. The second-order valence-electron chi connectivity index (χ2n) is 3.85. The van der Waals surface area contributed by atoms with Gasteiger partial charge in [-0.2, -0.15) is 0 Å². The zero-order valence-corrected chi connectivity index (χ0v) is 14.5. The maximum absolute atomic E-state index is 9.77. The molecule has 0 atom stereocenters. The van der Waals surface area contributed by atoms with Crippen LogP contribution in [0.3, 0.4) is 0 Å². The molecule has 18 heavy (non-hydrogen) atoms. The van der Waals surface area contributed by atoms with Gasteiger partial charge >= 0.3 is 0 Å².